The van der Waals surface area contributed by atoms with E-state index in [2.05, 4.69) is 5.32 Å². The third-order valence-electron chi connectivity index (χ3n) is 4.13. The van der Waals surface area contributed by atoms with Crippen molar-refractivity contribution in [1.29, 1.82) is 0 Å². The summed E-state index contributed by atoms with van der Waals surface area (Å²) in [5, 5.41) is 3.25. The van der Waals surface area contributed by atoms with Crippen LogP contribution < -0.4 is 5.32 Å². The Bertz CT molecular complexity index is 388. The van der Waals surface area contributed by atoms with Gasteiger partial charge in [0.1, 0.15) is 5.76 Å². The molecule has 0 spiro atoms. The molecule has 0 aromatic carbocycles. The number of hydrogen-bond donors (Lipinski definition) is 1. The minimum absolute atomic E-state index is 0.235. The molecule has 0 saturated heterocycles. The molecular weight excluding hydrogens is 267 g/mol. The lowest BCUT2D eigenvalue weighted by molar-refractivity contribution is -0.200. The minimum Gasteiger partial charge on any atom is -0.468 e. The van der Waals surface area contributed by atoms with Crippen LogP contribution in [0.3, 0.4) is 0 Å². The third-order valence-corrected chi connectivity index (χ3v) is 4.13. The van der Waals surface area contributed by atoms with Gasteiger partial charge in [0.2, 0.25) is 0 Å². The topological polar surface area (TPSA) is 25.2 Å². The molecule has 1 N–H and O–H groups in total. The summed E-state index contributed by atoms with van der Waals surface area (Å²) in [5.41, 5.74) is 0. The predicted octanol–water partition coefficient (Wildman–Crippen LogP) is 4.69. The molecular formula is C15H22F3NO. The fourth-order valence-corrected chi connectivity index (χ4v) is 3.20. The molecule has 0 aliphatic heterocycles. The van der Waals surface area contributed by atoms with E-state index < -0.39 is 18.0 Å². The Morgan fingerprint density at radius 3 is 2.70 bits per heavy atom. The molecule has 1 fully saturated rings. The maximum absolute atomic E-state index is 13.3. The van der Waals surface area contributed by atoms with Gasteiger partial charge in [-0.25, -0.2) is 0 Å². The highest BCUT2D eigenvalue weighted by Crippen LogP contribution is 2.46. The Morgan fingerprint density at radius 1 is 1.35 bits per heavy atom. The van der Waals surface area contributed by atoms with Crippen molar-refractivity contribution in [3.8, 4) is 0 Å². The average Bonchev–Trinajstić information content (AvgIpc) is 2.92. The van der Waals surface area contributed by atoms with E-state index in [1.807, 2.05) is 6.92 Å². The maximum Gasteiger partial charge on any atom is 0.392 e. The second-order valence-corrected chi connectivity index (χ2v) is 5.54. The van der Waals surface area contributed by atoms with Gasteiger partial charge in [-0.1, -0.05) is 19.8 Å². The Morgan fingerprint density at radius 2 is 2.10 bits per heavy atom. The molecule has 2 nitrogen and oxygen atoms in total. The lowest BCUT2D eigenvalue weighted by Crippen LogP contribution is -2.40. The van der Waals surface area contributed by atoms with E-state index in [1.54, 1.807) is 12.1 Å². The van der Waals surface area contributed by atoms with Crippen molar-refractivity contribution in [2.24, 2.45) is 11.8 Å². The van der Waals surface area contributed by atoms with E-state index in [0.717, 1.165) is 12.8 Å². The zero-order chi connectivity index (χ0) is 14.6. The van der Waals surface area contributed by atoms with Crippen LogP contribution in [0.1, 0.15) is 50.8 Å². The molecule has 1 aliphatic rings. The van der Waals surface area contributed by atoms with Crippen LogP contribution in [0.4, 0.5) is 13.2 Å². The number of furan rings is 1. The van der Waals surface area contributed by atoms with Crippen LogP contribution >= 0.6 is 0 Å². The van der Waals surface area contributed by atoms with Crippen LogP contribution in [-0.4, -0.2) is 12.7 Å². The van der Waals surface area contributed by atoms with Crippen molar-refractivity contribution < 1.29 is 17.6 Å². The highest BCUT2D eigenvalue weighted by molar-refractivity contribution is 5.08. The molecule has 3 atom stereocenters. The zero-order valence-electron chi connectivity index (χ0n) is 11.7. The Balaban J connectivity index is 2.21. The SMILES string of the molecule is CCCNC(c1ccco1)C1CCCCC1C(F)(F)F. The minimum atomic E-state index is -4.12. The van der Waals surface area contributed by atoms with Gasteiger partial charge < -0.3 is 9.73 Å². The lowest BCUT2D eigenvalue weighted by Gasteiger charge is -2.37. The fourth-order valence-electron chi connectivity index (χ4n) is 3.20. The van der Waals surface area contributed by atoms with Gasteiger partial charge in [-0.3, -0.25) is 0 Å². The number of hydrogen-bond acceptors (Lipinski definition) is 2. The molecule has 1 aromatic rings. The molecule has 1 saturated carbocycles. The Labute approximate surface area is 117 Å². The van der Waals surface area contributed by atoms with Crippen molar-refractivity contribution >= 4 is 0 Å². The molecule has 20 heavy (non-hydrogen) atoms. The predicted molar refractivity (Wildman–Crippen MR) is 71.2 cm³/mol. The average molecular weight is 289 g/mol. The van der Waals surface area contributed by atoms with Crippen molar-refractivity contribution in [2.75, 3.05) is 6.54 Å². The zero-order valence-corrected chi connectivity index (χ0v) is 11.7. The van der Waals surface area contributed by atoms with E-state index in [-0.39, 0.29) is 12.5 Å². The fraction of sp³-hybridized carbons (Fsp3) is 0.733. The molecule has 0 amide bonds. The summed E-state index contributed by atoms with van der Waals surface area (Å²) in [7, 11) is 0. The summed E-state index contributed by atoms with van der Waals surface area (Å²) in [6.07, 6.45) is 0.666. The summed E-state index contributed by atoms with van der Waals surface area (Å²) in [4.78, 5) is 0. The van der Waals surface area contributed by atoms with Gasteiger partial charge >= 0.3 is 6.18 Å². The van der Waals surface area contributed by atoms with Gasteiger partial charge in [-0.05, 0) is 43.9 Å². The summed E-state index contributed by atoms with van der Waals surface area (Å²) in [6, 6.07) is 3.17. The standard InChI is InChI=1S/C15H22F3NO/c1-2-9-19-14(13-8-5-10-20-13)11-6-3-4-7-12(11)15(16,17)18/h5,8,10-12,14,19H,2-4,6-7,9H2,1H3. The number of rotatable bonds is 5. The molecule has 2 rings (SSSR count). The molecule has 1 heterocycles. The number of alkyl halides is 3. The first-order valence-electron chi connectivity index (χ1n) is 7.37. The van der Waals surface area contributed by atoms with E-state index in [4.69, 9.17) is 4.42 Å². The van der Waals surface area contributed by atoms with Gasteiger partial charge in [0.25, 0.3) is 0 Å². The quantitative estimate of drug-likeness (QED) is 0.850. The first kappa shape index (κ1) is 15.4. The highest BCUT2D eigenvalue weighted by atomic mass is 19.4. The molecule has 0 bridgehead atoms. The molecule has 1 aliphatic carbocycles. The van der Waals surface area contributed by atoms with Crippen molar-refractivity contribution in [2.45, 2.75) is 51.2 Å². The smallest absolute Gasteiger partial charge is 0.392 e. The molecule has 3 unspecified atom stereocenters. The highest BCUT2D eigenvalue weighted by Gasteiger charge is 2.48. The van der Waals surface area contributed by atoms with E-state index in [1.165, 1.54) is 6.26 Å². The molecule has 1 aromatic heterocycles. The first-order valence-corrected chi connectivity index (χ1v) is 7.37. The van der Waals surface area contributed by atoms with Gasteiger partial charge in [0.05, 0.1) is 18.2 Å². The maximum atomic E-state index is 13.3. The normalized spacial score (nSPS) is 25.6. The molecule has 0 radical (unpaired) electrons. The van der Waals surface area contributed by atoms with Crippen LogP contribution in [0, 0.1) is 11.8 Å². The lowest BCUT2D eigenvalue weighted by atomic mass is 9.74. The molecule has 114 valence electrons. The summed E-state index contributed by atoms with van der Waals surface area (Å²) < 4.78 is 45.1. The van der Waals surface area contributed by atoms with Crippen LogP contribution in [-0.2, 0) is 0 Å². The van der Waals surface area contributed by atoms with Gasteiger partial charge in [-0.2, -0.15) is 13.2 Å². The third kappa shape index (κ3) is 3.57. The summed E-state index contributed by atoms with van der Waals surface area (Å²) in [5.74, 6) is -1.03. The largest absolute Gasteiger partial charge is 0.468 e. The van der Waals surface area contributed by atoms with E-state index in [9.17, 15) is 13.2 Å². The van der Waals surface area contributed by atoms with Gasteiger partial charge in [-0.15, -0.1) is 0 Å². The van der Waals surface area contributed by atoms with Crippen LogP contribution in [0.25, 0.3) is 0 Å². The number of nitrogens with one attached hydrogen (secondary N) is 1. The van der Waals surface area contributed by atoms with E-state index in [0.29, 0.717) is 25.1 Å². The van der Waals surface area contributed by atoms with Crippen LogP contribution in [0.15, 0.2) is 22.8 Å². The summed E-state index contributed by atoms with van der Waals surface area (Å²) in [6.45, 7) is 2.71. The van der Waals surface area contributed by atoms with Crippen molar-refractivity contribution in [3.63, 3.8) is 0 Å². The Hall–Kier alpha value is -0.970. The summed E-state index contributed by atoms with van der Waals surface area (Å²) >= 11 is 0. The van der Waals surface area contributed by atoms with Gasteiger partial charge in [0, 0.05) is 0 Å². The first-order chi connectivity index (χ1) is 9.54. The van der Waals surface area contributed by atoms with Crippen LogP contribution in [0.5, 0.6) is 0 Å². The second kappa shape index (κ2) is 6.66. The van der Waals surface area contributed by atoms with E-state index >= 15 is 0 Å². The van der Waals surface area contributed by atoms with Gasteiger partial charge in [0.15, 0.2) is 0 Å². The van der Waals surface area contributed by atoms with Crippen molar-refractivity contribution in [1.82, 2.24) is 5.32 Å². The monoisotopic (exact) mass is 289 g/mol. The number of halogens is 3. The second-order valence-electron chi connectivity index (χ2n) is 5.54. The molecule has 5 heteroatoms. The van der Waals surface area contributed by atoms with Crippen molar-refractivity contribution in [3.05, 3.63) is 24.2 Å². The van der Waals surface area contributed by atoms with Crippen LogP contribution in [0.2, 0.25) is 0 Å². The Kier molecular flexibility index (Phi) is 5.13.